The standard InChI is InChI=1S/C25H38N4O5S/c1-5-11-29(35(4)34)24-14-21(13-23(27-24)28(15-18(2)31)16-19(3)32)25(33)26-22(17-30)12-20-9-7-6-8-10-20/h6-10,13-14,18-19,22,30-32H,5,11-12,15-17H2,1-4H3,(H,26,33)/t18?,19?,22-,35?/m0/s1. The van der Waals surface area contributed by atoms with Crippen LogP contribution in [0.25, 0.3) is 0 Å². The summed E-state index contributed by atoms with van der Waals surface area (Å²) in [5, 5.41) is 32.7. The molecule has 0 saturated carbocycles. The number of benzene rings is 1. The number of nitrogens with one attached hydrogen (secondary N) is 1. The summed E-state index contributed by atoms with van der Waals surface area (Å²) in [4.78, 5) is 19.6. The molecule has 0 aliphatic heterocycles. The normalized spacial score (nSPS) is 14.6. The molecular weight excluding hydrogens is 468 g/mol. The van der Waals surface area contributed by atoms with Gasteiger partial charge in [0.25, 0.3) is 5.91 Å². The molecule has 1 aromatic carbocycles. The van der Waals surface area contributed by atoms with Gasteiger partial charge in [0.15, 0.2) is 0 Å². The molecule has 0 fully saturated rings. The van der Waals surface area contributed by atoms with E-state index in [1.165, 1.54) is 0 Å². The highest BCUT2D eigenvalue weighted by molar-refractivity contribution is 7.85. The summed E-state index contributed by atoms with van der Waals surface area (Å²) in [7, 11) is -1.38. The van der Waals surface area contributed by atoms with Gasteiger partial charge in [-0.1, -0.05) is 37.3 Å². The molecule has 1 heterocycles. The zero-order valence-corrected chi connectivity index (χ0v) is 21.7. The first-order chi connectivity index (χ1) is 16.6. The molecule has 2 rings (SSSR count). The van der Waals surface area contributed by atoms with Gasteiger partial charge < -0.3 is 25.5 Å². The van der Waals surface area contributed by atoms with Gasteiger partial charge in [0, 0.05) is 31.5 Å². The highest BCUT2D eigenvalue weighted by Gasteiger charge is 2.22. The molecule has 0 radical (unpaired) electrons. The van der Waals surface area contributed by atoms with Gasteiger partial charge in [-0.25, -0.2) is 9.19 Å². The largest absolute Gasteiger partial charge is 0.394 e. The van der Waals surface area contributed by atoms with Gasteiger partial charge in [0.05, 0.1) is 24.9 Å². The Kier molecular flexibility index (Phi) is 11.6. The summed E-state index contributed by atoms with van der Waals surface area (Å²) in [6.07, 6.45) is 1.34. The number of hydrogen-bond donors (Lipinski definition) is 4. The minimum Gasteiger partial charge on any atom is -0.394 e. The minimum absolute atomic E-state index is 0.193. The van der Waals surface area contributed by atoms with Crippen LogP contribution in [0.2, 0.25) is 0 Å². The maximum absolute atomic E-state index is 13.3. The van der Waals surface area contributed by atoms with Crippen molar-refractivity contribution in [2.24, 2.45) is 0 Å². The van der Waals surface area contributed by atoms with Crippen molar-refractivity contribution in [1.29, 1.82) is 0 Å². The molecule has 10 heteroatoms. The molecule has 2 aromatic rings. The third kappa shape index (κ3) is 9.21. The quantitative estimate of drug-likeness (QED) is 0.306. The highest BCUT2D eigenvalue weighted by atomic mass is 32.2. The Morgan fingerprint density at radius 3 is 2.20 bits per heavy atom. The van der Waals surface area contributed by atoms with E-state index in [-0.39, 0.29) is 25.3 Å². The molecule has 4 atom stereocenters. The number of amides is 1. The van der Waals surface area contributed by atoms with Crippen LogP contribution >= 0.6 is 0 Å². The Morgan fingerprint density at radius 2 is 1.69 bits per heavy atom. The predicted molar refractivity (Wildman–Crippen MR) is 140 cm³/mol. The molecule has 0 aliphatic rings. The number of aliphatic hydroxyl groups excluding tert-OH is 3. The average Bonchev–Trinajstić information content (AvgIpc) is 2.81. The van der Waals surface area contributed by atoms with Gasteiger partial charge in [-0.2, -0.15) is 0 Å². The Balaban J connectivity index is 2.44. The van der Waals surface area contributed by atoms with Crippen molar-refractivity contribution in [2.45, 2.75) is 51.9 Å². The van der Waals surface area contributed by atoms with Crippen LogP contribution in [0.15, 0.2) is 42.5 Å². The molecule has 194 valence electrons. The molecule has 35 heavy (non-hydrogen) atoms. The van der Waals surface area contributed by atoms with Gasteiger partial charge in [0.2, 0.25) is 0 Å². The lowest BCUT2D eigenvalue weighted by atomic mass is 10.1. The van der Waals surface area contributed by atoms with Gasteiger partial charge >= 0.3 is 0 Å². The van der Waals surface area contributed by atoms with E-state index >= 15 is 0 Å². The van der Waals surface area contributed by atoms with Crippen LogP contribution in [-0.2, 0) is 17.4 Å². The molecule has 0 bridgehead atoms. The molecule has 1 amide bonds. The third-order valence-corrected chi connectivity index (χ3v) is 6.22. The van der Waals surface area contributed by atoms with E-state index in [0.717, 1.165) is 12.0 Å². The smallest absolute Gasteiger partial charge is 0.251 e. The zero-order chi connectivity index (χ0) is 26.0. The van der Waals surface area contributed by atoms with Crippen LogP contribution in [0, 0.1) is 0 Å². The number of aromatic nitrogens is 1. The van der Waals surface area contributed by atoms with Gasteiger partial charge in [-0.3, -0.25) is 9.10 Å². The van der Waals surface area contributed by atoms with Crippen LogP contribution < -0.4 is 14.5 Å². The maximum atomic E-state index is 13.3. The number of anilines is 2. The third-order valence-electron chi connectivity index (χ3n) is 5.23. The van der Waals surface area contributed by atoms with Crippen LogP contribution in [0.3, 0.4) is 0 Å². The van der Waals surface area contributed by atoms with E-state index in [4.69, 9.17) is 0 Å². The van der Waals surface area contributed by atoms with Gasteiger partial charge in [-0.15, -0.1) is 0 Å². The van der Waals surface area contributed by atoms with E-state index in [2.05, 4.69) is 10.3 Å². The number of hydrogen-bond acceptors (Lipinski definition) is 7. The highest BCUT2D eigenvalue weighted by Crippen LogP contribution is 2.23. The van der Waals surface area contributed by atoms with Crippen LogP contribution in [0.1, 0.15) is 43.1 Å². The summed E-state index contributed by atoms with van der Waals surface area (Å²) in [5.41, 5.74) is 1.27. The SMILES string of the molecule is CCCN(c1cc(C(=O)N[C@H](CO)Cc2ccccc2)cc(N(CC(C)O)CC(C)O)n1)S(C)=O. The summed E-state index contributed by atoms with van der Waals surface area (Å²) >= 11 is 0. The first kappa shape index (κ1) is 28.7. The molecule has 4 N–H and O–H groups in total. The Hall–Kier alpha value is -2.53. The molecule has 1 aromatic heterocycles. The Bertz CT molecular complexity index is 948. The number of pyridine rings is 1. The van der Waals surface area contributed by atoms with Crippen molar-refractivity contribution < 1.29 is 24.3 Å². The second-order valence-electron chi connectivity index (χ2n) is 8.74. The number of carbonyl (C=O) groups is 1. The van der Waals surface area contributed by atoms with E-state index in [0.29, 0.717) is 24.6 Å². The van der Waals surface area contributed by atoms with Crippen molar-refractivity contribution in [1.82, 2.24) is 10.3 Å². The average molecular weight is 507 g/mol. The van der Waals surface area contributed by atoms with Crippen molar-refractivity contribution in [3.05, 3.63) is 53.6 Å². The number of nitrogens with zero attached hydrogens (tertiary/aromatic N) is 3. The van der Waals surface area contributed by atoms with Crippen LogP contribution in [-0.4, -0.2) is 81.2 Å². The predicted octanol–water partition coefficient (Wildman–Crippen LogP) is 1.49. The zero-order valence-electron chi connectivity index (χ0n) is 20.9. The lowest BCUT2D eigenvalue weighted by Crippen LogP contribution is -2.40. The van der Waals surface area contributed by atoms with E-state index in [1.807, 2.05) is 37.3 Å². The lowest BCUT2D eigenvalue weighted by molar-refractivity contribution is 0.0916. The fourth-order valence-electron chi connectivity index (χ4n) is 3.73. The van der Waals surface area contributed by atoms with Crippen molar-refractivity contribution >= 4 is 28.5 Å². The van der Waals surface area contributed by atoms with E-state index < -0.39 is 35.1 Å². The summed E-state index contributed by atoms with van der Waals surface area (Å²) in [6.45, 7) is 5.85. The lowest BCUT2D eigenvalue weighted by Gasteiger charge is -2.29. The summed E-state index contributed by atoms with van der Waals surface area (Å²) < 4.78 is 14.1. The molecule has 9 nitrogen and oxygen atoms in total. The minimum atomic E-state index is -1.38. The van der Waals surface area contributed by atoms with Crippen molar-refractivity contribution in [3.63, 3.8) is 0 Å². The maximum Gasteiger partial charge on any atom is 0.251 e. The molecule has 3 unspecified atom stereocenters. The summed E-state index contributed by atoms with van der Waals surface area (Å²) in [5.74, 6) is 0.335. The van der Waals surface area contributed by atoms with Crippen molar-refractivity contribution in [3.8, 4) is 0 Å². The van der Waals surface area contributed by atoms with Gasteiger partial charge in [0.1, 0.15) is 22.6 Å². The van der Waals surface area contributed by atoms with Gasteiger partial charge in [-0.05, 0) is 44.4 Å². The molecule has 0 aliphatic carbocycles. The number of aliphatic hydroxyl groups is 3. The Labute approximate surface area is 210 Å². The summed E-state index contributed by atoms with van der Waals surface area (Å²) in [6, 6.07) is 12.2. The topological polar surface area (TPSA) is 126 Å². The number of rotatable bonds is 14. The molecule has 0 spiro atoms. The van der Waals surface area contributed by atoms with Crippen molar-refractivity contribution in [2.75, 3.05) is 41.7 Å². The number of carbonyl (C=O) groups excluding carboxylic acids is 1. The molecule has 0 saturated heterocycles. The first-order valence-corrected chi connectivity index (χ1v) is 13.4. The van der Waals surface area contributed by atoms with E-state index in [9.17, 15) is 24.3 Å². The fraction of sp³-hybridized carbons (Fsp3) is 0.520. The first-order valence-electron chi connectivity index (χ1n) is 11.8. The second-order valence-corrected chi connectivity index (χ2v) is 10.0. The Morgan fingerprint density at radius 1 is 1.09 bits per heavy atom. The van der Waals surface area contributed by atoms with E-state index in [1.54, 1.807) is 41.4 Å². The molecular formula is C25H38N4O5S. The second kappa shape index (κ2) is 14.1. The fourth-order valence-corrected chi connectivity index (χ4v) is 4.53. The monoisotopic (exact) mass is 506 g/mol. The van der Waals surface area contributed by atoms with Crippen LogP contribution in [0.4, 0.5) is 11.6 Å². The van der Waals surface area contributed by atoms with Crippen LogP contribution in [0.5, 0.6) is 0 Å².